The maximum absolute atomic E-state index is 10.8. The summed E-state index contributed by atoms with van der Waals surface area (Å²) >= 11 is 1.34. The Balaban J connectivity index is 2.41. The molecule has 0 aliphatic heterocycles. The third-order valence-electron chi connectivity index (χ3n) is 2.26. The van der Waals surface area contributed by atoms with Gasteiger partial charge in [0.2, 0.25) is 0 Å². The van der Waals surface area contributed by atoms with Crippen LogP contribution in [-0.2, 0) is 4.79 Å². The average Bonchev–Trinajstić information content (AvgIpc) is 2.29. The fourth-order valence-electron chi connectivity index (χ4n) is 1.41. The number of rotatable bonds is 3. The highest BCUT2D eigenvalue weighted by molar-refractivity contribution is 8.00. The van der Waals surface area contributed by atoms with Gasteiger partial charge in [0.25, 0.3) is 0 Å². The molecule has 16 heavy (non-hydrogen) atoms. The first-order chi connectivity index (χ1) is 7.68. The highest BCUT2D eigenvalue weighted by atomic mass is 32.2. The summed E-state index contributed by atoms with van der Waals surface area (Å²) in [6, 6.07) is 9.58. The SMILES string of the molecule is CC(Sc1ccnc2ccccc12)C(=O)O. The van der Waals surface area contributed by atoms with Crippen LogP contribution < -0.4 is 0 Å². The van der Waals surface area contributed by atoms with Crippen LogP contribution >= 0.6 is 11.8 Å². The van der Waals surface area contributed by atoms with Crippen LogP contribution in [0.3, 0.4) is 0 Å². The minimum absolute atomic E-state index is 0.453. The van der Waals surface area contributed by atoms with Crippen molar-refractivity contribution in [3.63, 3.8) is 0 Å². The number of aliphatic carboxylic acids is 1. The summed E-state index contributed by atoms with van der Waals surface area (Å²) in [4.78, 5) is 16.0. The summed E-state index contributed by atoms with van der Waals surface area (Å²) in [5.41, 5.74) is 0.894. The molecule has 1 aromatic heterocycles. The predicted octanol–water partition coefficient (Wildman–Crippen LogP) is 2.80. The van der Waals surface area contributed by atoms with Crippen LogP contribution in [0.1, 0.15) is 6.92 Å². The van der Waals surface area contributed by atoms with E-state index in [9.17, 15) is 4.79 Å². The Morgan fingerprint density at radius 3 is 2.88 bits per heavy atom. The van der Waals surface area contributed by atoms with Gasteiger partial charge in [-0.25, -0.2) is 0 Å². The quantitative estimate of drug-likeness (QED) is 0.828. The summed E-state index contributed by atoms with van der Waals surface area (Å²) in [5.74, 6) is -0.800. The number of benzene rings is 1. The second-order valence-corrected chi connectivity index (χ2v) is 4.81. The number of pyridine rings is 1. The number of para-hydroxylation sites is 1. The van der Waals surface area contributed by atoms with Crippen molar-refractivity contribution in [1.82, 2.24) is 4.98 Å². The Kier molecular flexibility index (Phi) is 3.10. The Morgan fingerprint density at radius 1 is 1.38 bits per heavy atom. The van der Waals surface area contributed by atoms with Gasteiger partial charge in [-0.15, -0.1) is 11.8 Å². The molecule has 0 amide bonds. The molecule has 0 spiro atoms. The van der Waals surface area contributed by atoms with E-state index in [1.165, 1.54) is 11.8 Å². The van der Waals surface area contributed by atoms with E-state index in [1.807, 2.05) is 30.3 Å². The fraction of sp³-hybridized carbons (Fsp3) is 0.167. The number of thioether (sulfide) groups is 1. The molecule has 0 aliphatic rings. The molecular weight excluding hydrogens is 222 g/mol. The molecule has 0 aliphatic carbocycles. The molecule has 1 heterocycles. The average molecular weight is 233 g/mol. The first kappa shape index (κ1) is 11.0. The second kappa shape index (κ2) is 4.53. The number of carboxylic acids is 1. The molecule has 2 aromatic rings. The van der Waals surface area contributed by atoms with Crippen molar-refractivity contribution < 1.29 is 9.90 Å². The molecule has 0 saturated carbocycles. The van der Waals surface area contributed by atoms with Gasteiger partial charge in [-0.2, -0.15) is 0 Å². The third-order valence-corrected chi connectivity index (χ3v) is 3.43. The summed E-state index contributed by atoms with van der Waals surface area (Å²) in [7, 11) is 0. The van der Waals surface area contributed by atoms with Crippen molar-refractivity contribution in [3.8, 4) is 0 Å². The molecule has 3 nitrogen and oxygen atoms in total. The summed E-state index contributed by atoms with van der Waals surface area (Å²) in [5, 5.41) is 9.43. The van der Waals surface area contributed by atoms with Crippen molar-refractivity contribution in [2.75, 3.05) is 0 Å². The summed E-state index contributed by atoms with van der Waals surface area (Å²) in [6.45, 7) is 1.68. The molecule has 4 heteroatoms. The minimum atomic E-state index is -0.800. The normalized spacial score (nSPS) is 12.6. The zero-order valence-electron chi connectivity index (χ0n) is 8.75. The Bertz CT molecular complexity index is 522. The minimum Gasteiger partial charge on any atom is -0.480 e. The molecule has 0 saturated heterocycles. The van der Waals surface area contributed by atoms with E-state index >= 15 is 0 Å². The van der Waals surface area contributed by atoms with Gasteiger partial charge in [0.1, 0.15) is 5.25 Å². The van der Waals surface area contributed by atoms with E-state index < -0.39 is 11.2 Å². The molecule has 0 radical (unpaired) electrons. The zero-order valence-corrected chi connectivity index (χ0v) is 9.57. The van der Waals surface area contributed by atoms with Crippen molar-refractivity contribution >= 4 is 28.6 Å². The van der Waals surface area contributed by atoms with Gasteiger partial charge >= 0.3 is 5.97 Å². The fourth-order valence-corrected chi connectivity index (χ4v) is 2.33. The van der Waals surface area contributed by atoms with Gasteiger partial charge in [0.05, 0.1) is 5.52 Å². The lowest BCUT2D eigenvalue weighted by atomic mass is 10.2. The Labute approximate surface area is 97.5 Å². The van der Waals surface area contributed by atoms with Gasteiger partial charge in [-0.3, -0.25) is 9.78 Å². The molecule has 82 valence electrons. The number of carbonyl (C=O) groups is 1. The highest BCUT2D eigenvalue weighted by Gasteiger charge is 2.13. The second-order valence-electron chi connectivity index (χ2n) is 3.42. The predicted molar refractivity (Wildman–Crippen MR) is 64.7 cm³/mol. The van der Waals surface area contributed by atoms with Crippen LogP contribution in [0, 0.1) is 0 Å². The van der Waals surface area contributed by atoms with Gasteiger partial charge in [-0.1, -0.05) is 18.2 Å². The Hall–Kier alpha value is -1.55. The van der Waals surface area contributed by atoms with Gasteiger partial charge in [0.15, 0.2) is 0 Å². The monoisotopic (exact) mass is 233 g/mol. The van der Waals surface area contributed by atoms with Crippen LogP contribution in [-0.4, -0.2) is 21.3 Å². The molecule has 1 aromatic carbocycles. The molecule has 0 bridgehead atoms. The maximum Gasteiger partial charge on any atom is 0.316 e. The smallest absolute Gasteiger partial charge is 0.316 e. The lowest BCUT2D eigenvalue weighted by Crippen LogP contribution is -2.11. The maximum atomic E-state index is 10.8. The van der Waals surface area contributed by atoms with E-state index in [0.29, 0.717) is 0 Å². The largest absolute Gasteiger partial charge is 0.480 e. The summed E-state index contributed by atoms with van der Waals surface area (Å²) < 4.78 is 0. The topological polar surface area (TPSA) is 50.2 Å². The first-order valence-corrected chi connectivity index (χ1v) is 5.79. The molecule has 1 atom stereocenters. The van der Waals surface area contributed by atoms with Gasteiger partial charge < -0.3 is 5.11 Å². The lowest BCUT2D eigenvalue weighted by molar-refractivity contribution is -0.136. The van der Waals surface area contributed by atoms with Crippen molar-refractivity contribution in [2.45, 2.75) is 17.1 Å². The van der Waals surface area contributed by atoms with Crippen LogP contribution in [0.25, 0.3) is 10.9 Å². The van der Waals surface area contributed by atoms with Crippen LogP contribution in [0.4, 0.5) is 0 Å². The van der Waals surface area contributed by atoms with Crippen molar-refractivity contribution in [2.24, 2.45) is 0 Å². The Morgan fingerprint density at radius 2 is 2.12 bits per heavy atom. The molecule has 2 rings (SSSR count). The number of nitrogens with zero attached hydrogens (tertiary/aromatic N) is 1. The lowest BCUT2D eigenvalue weighted by Gasteiger charge is -2.08. The summed E-state index contributed by atoms with van der Waals surface area (Å²) in [6.07, 6.45) is 1.71. The third kappa shape index (κ3) is 2.17. The molecule has 1 unspecified atom stereocenters. The van der Waals surface area contributed by atoms with E-state index in [0.717, 1.165) is 15.8 Å². The first-order valence-electron chi connectivity index (χ1n) is 4.91. The van der Waals surface area contributed by atoms with Gasteiger partial charge in [-0.05, 0) is 19.1 Å². The number of hydrogen-bond donors (Lipinski definition) is 1. The number of fused-ring (bicyclic) bond motifs is 1. The highest BCUT2D eigenvalue weighted by Crippen LogP contribution is 2.29. The molecular formula is C12H11NO2S. The van der Waals surface area contributed by atoms with Crippen LogP contribution in [0.5, 0.6) is 0 Å². The van der Waals surface area contributed by atoms with Crippen LogP contribution in [0.15, 0.2) is 41.4 Å². The van der Waals surface area contributed by atoms with E-state index in [2.05, 4.69) is 4.98 Å². The number of carboxylic acid groups (broad SMARTS) is 1. The standard InChI is InChI=1S/C12H11NO2S/c1-8(12(14)15)16-11-6-7-13-10-5-3-2-4-9(10)11/h2-8H,1H3,(H,14,15). The van der Waals surface area contributed by atoms with Crippen molar-refractivity contribution in [3.05, 3.63) is 36.5 Å². The zero-order chi connectivity index (χ0) is 11.5. The molecule has 0 fully saturated rings. The van der Waals surface area contributed by atoms with E-state index in [4.69, 9.17) is 5.11 Å². The van der Waals surface area contributed by atoms with E-state index in [-0.39, 0.29) is 0 Å². The van der Waals surface area contributed by atoms with Gasteiger partial charge in [0, 0.05) is 16.5 Å². The van der Waals surface area contributed by atoms with Crippen LogP contribution in [0.2, 0.25) is 0 Å². The molecule has 1 N–H and O–H groups in total. The van der Waals surface area contributed by atoms with E-state index in [1.54, 1.807) is 13.1 Å². The number of hydrogen-bond acceptors (Lipinski definition) is 3. The number of aromatic nitrogens is 1. The van der Waals surface area contributed by atoms with Crippen molar-refractivity contribution in [1.29, 1.82) is 0 Å².